The largest absolute Gasteiger partial charge is 0.339 e. The lowest BCUT2D eigenvalue weighted by Gasteiger charge is -2.24. The zero-order valence-corrected chi connectivity index (χ0v) is 10.7. The van der Waals surface area contributed by atoms with Crippen LogP contribution in [0.25, 0.3) is 0 Å². The van der Waals surface area contributed by atoms with E-state index in [9.17, 15) is 9.00 Å². The normalized spacial score (nSPS) is 17.9. The molecular weight excluding hydrogens is 210 g/mol. The molecule has 0 radical (unpaired) electrons. The Bertz CT molecular complexity index is 249. The van der Waals surface area contributed by atoms with Gasteiger partial charge in [-0.15, -0.1) is 0 Å². The maximum Gasteiger partial charge on any atom is 0.235 e. The van der Waals surface area contributed by atoms with Crippen LogP contribution in [-0.2, 0) is 15.6 Å². The third-order valence-electron chi connectivity index (χ3n) is 2.48. The molecule has 0 aromatic rings. The fraction of sp³-hybridized carbons (Fsp3) is 0.909. The molecular formula is C11H21NO2S. The van der Waals surface area contributed by atoms with Gasteiger partial charge in [-0.3, -0.25) is 9.00 Å². The molecule has 0 N–H and O–H groups in total. The quantitative estimate of drug-likeness (QED) is 0.693. The van der Waals surface area contributed by atoms with Crippen molar-refractivity contribution in [3.63, 3.8) is 0 Å². The van der Waals surface area contributed by atoms with Crippen LogP contribution in [0, 0.1) is 5.92 Å². The summed E-state index contributed by atoms with van der Waals surface area (Å²) in [5, 5.41) is 0. The summed E-state index contributed by atoms with van der Waals surface area (Å²) in [6.07, 6.45) is 2.24. The fourth-order valence-corrected chi connectivity index (χ4v) is 2.20. The first-order chi connectivity index (χ1) is 7.04. The molecule has 0 bridgehead atoms. The summed E-state index contributed by atoms with van der Waals surface area (Å²) in [7, 11) is -0.972. The minimum Gasteiger partial charge on any atom is -0.339 e. The van der Waals surface area contributed by atoms with Crippen LogP contribution in [0.2, 0.25) is 0 Å². The highest BCUT2D eigenvalue weighted by Crippen LogP contribution is 2.27. The molecule has 0 heterocycles. The number of hydrogen-bond acceptors (Lipinski definition) is 2. The Morgan fingerprint density at radius 1 is 1.47 bits per heavy atom. The van der Waals surface area contributed by atoms with Crippen molar-refractivity contribution in [3.8, 4) is 0 Å². The summed E-state index contributed by atoms with van der Waals surface area (Å²) in [5.74, 6) is 1.35. The van der Waals surface area contributed by atoms with Crippen LogP contribution in [0.5, 0.6) is 0 Å². The predicted molar refractivity (Wildman–Crippen MR) is 63.1 cm³/mol. The standard InChI is InChI=1S/C11H21NO2S/c1-4-15(14)8-11(13)12(7-9(2)3)10-5-6-10/h9-10H,4-8H2,1-3H3/t15-/m0/s1. The molecule has 1 rings (SSSR count). The SMILES string of the molecule is CC[S@](=O)CC(=O)N(CC(C)C)C1CC1. The minimum atomic E-state index is -0.972. The minimum absolute atomic E-state index is 0.0754. The highest BCUT2D eigenvalue weighted by Gasteiger charge is 2.32. The summed E-state index contributed by atoms with van der Waals surface area (Å²) in [6.45, 7) is 6.89. The Morgan fingerprint density at radius 3 is 2.47 bits per heavy atom. The van der Waals surface area contributed by atoms with Crippen molar-refractivity contribution < 1.29 is 9.00 Å². The molecule has 1 saturated carbocycles. The van der Waals surface area contributed by atoms with Gasteiger partial charge in [0.25, 0.3) is 0 Å². The van der Waals surface area contributed by atoms with Crippen LogP contribution in [0.1, 0.15) is 33.6 Å². The number of amides is 1. The van der Waals surface area contributed by atoms with Crippen LogP contribution >= 0.6 is 0 Å². The molecule has 1 aliphatic carbocycles. The Balaban J connectivity index is 2.47. The molecule has 1 amide bonds. The van der Waals surface area contributed by atoms with E-state index in [1.54, 1.807) is 0 Å². The van der Waals surface area contributed by atoms with Crippen LogP contribution in [0.15, 0.2) is 0 Å². The monoisotopic (exact) mass is 231 g/mol. The average molecular weight is 231 g/mol. The van der Waals surface area contributed by atoms with Crippen molar-refractivity contribution in [2.45, 2.75) is 39.7 Å². The molecule has 0 aliphatic heterocycles. The van der Waals surface area contributed by atoms with E-state index in [1.807, 2.05) is 11.8 Å². The third-order valence-corrected chi connectivity index (χ3v) is 3.69. The zero-order valence-electron chi connectivity index (χ0n) is 9.86. The van der Waals surface area contributed by atoms with Crippen molar-refractivity contribution in [1.29, 1.82) is 0 Å². The van der Waals surface area contributed by atoms with Gasteiger partial charge >= 0.3 is 0 Å². The average Bonchev–Trinajstić information content (AvgIpc) is 2.96. The van der Waals surface area contributed by atoms with Crippen molar-refractivity contribution in [2.24, 2.45) is 5.92 Å². The van der Waals surface area contributed by atoms with Gasteiger partial charge in [0.1, 0.15) is 5.75 Å². The number of hydrogen-bond donors (Lipinski definition) is 0. The van der Waals surface area contributed by atoms with Crippen molar-refractivity contribution in [3.05, 3.63) is 0 Å². The molecule has 1 atom stereocenters. The molecule has 0 aromatic carbocycles. The summed E-state index contributed by atoms with van der Waals surface area (Å²) < 4.78 is 11.3. The first kappa shape index (κ1) is 12.7. The summed E-state index contributed by atoms with van der Waals surface area (Å²) in [6, 6.07) is 0.439. The van der Waals surface area contributed by atoms with E-state index in [1.165, 1.54) is 0 Å². The molecule has 0 unspecified atom stereocenters. The molecule has 3 nitrogen and oxygen atoms in total. The van der Waals surface area contributed by atoms with E-state index in [4.69, 9.17) is 0 Å². The molecule has 1 fully saturated rings. The van der Waals surface area contributed by atoms with E-state index in [0.29, 0.717) is 17.7 Å². The van der Waals surface area contributed by atoms with Gasteiger partial charge in [-0.05, 0) is 18.8 Å². The molecule has 0 saturated heterocycles. The highest BCUT2D eigenvalue weighted by molar-refractivity contribution is 7.85. The van der Waals surface area contributed by atoms with Gasteiger partial charge in [0.05, 0.1) is 0 Å². The Morgan fingerprint density at radius 2 is 2.07 bits per heavy atom. The van der Waals surface area contributed by atoms with E-state index < -0.39 is 10.8 Å². The molecule has 0 spiro atoms. The maximum atomic E-state index is 11.9. The van der Waals surface area contributed by atoms with Crippen molar-refractivity contribution in [1.82, 2.24) is 4.90 Å². The Labute approximate surface area is 94.7 Å². The van der Waals surface area contributed by atoms with Gasteiger partial charge < -0.3 is 4.90 Å². The van der Waals surface area contributed by atoms with E-state index in [0.717, 1.165) is 19.4 Å². The summed E-state index contributed by atoms with van der Waals surface area (Å²) in [5.41, 5.74) is 0. The third kappa shape index (κ3) is 4.33. The van der Waals surface area contributed by atoms with Crippen LogP contribution in [0.4, 0.5) is 0 Å². The Hall–Kier alpha value is -0.380. The lowest BCUT2D eigenvalue weighted by molar-refractivity contribution is -0.129. The molecule has 1 aliphatic rings. The lowest BCUT2D eigenvalue weighted by atomic mass is 10.2. The van der Waals surface area contributed by atoms with Gasteiger partial charge in [-0.2, -0.15) is 0 Å². The molecule has 4 heteroatoms. The highest BCUT2D eigenvalue weighted by atomic mass is 32.2. The maximum absolute atomic E-state index is 11.9. The van der Waals surface area contributed by atoms with E-state index in [2.05, 4.69) is 13.8 Å². The number of carbonyl (C=O) groups is 1. The molecule has 0 aromatic heterocycles. The van der Waals surface area contributed by atoms with E-state index in [-0.39, 0.29) is 11.7 Å². The molecule has 15 heavy (non-hydrogen) atoms. The predicted octanol–water partition coefficient (Wildman–Crippen LogP) is 1.40. The van der Waals surface area contributed by atoms with Gasteiger partial charge in [-0.25, -0.2) is 0 Å². The van der Waals surface area contributed by atoms with Gasteiger partial charge in [-0.1, -0.05) is 20.8 Å². The van der Waals surface area contributed by atoms with Crippen LogP contribution in [0.3, 0.4) is 0 Å². The topological polar surface area (TPSA) is 37.4 Å². The van der Waals surface area contributed by atoms with Crippen molar-refractivity contribution in [2.75, 3.05) is 18.1 Å². The number of nitrogens with zero attached hydrogens (tertiary/aromatic N) is 1. The molecule has 88 valence electrons. The Kier molecular flexibility index (Phi) is 4.77. The summed E-state index contributed by atoms with van der Waals surface area (Å²) in [4.78, 5) is 13.8. The van der Waals surface area contributed by atoms with Crippen LogP contribution < -0.4 is 0 Å². The van der Waals surface area contributed by atoms with Gasteiger partial charge in [0.2, 0.25) is 5.91 Å². The first-order valence-corrected chi connectivity index (χ1v) is 7.17. The lowest BCUT2D eigenvalue weighted by Crippen LogP contribution is -2.39. The second-order valence-corrected chi connectivity index (χ2v) is 6.29. The number of carbonyl (C=O) groups excluding carboxylic acids is 1. The second kappa shape index (κ2) is 5.64. The first-order valence-electron chi connectivity index (χ1n) is 5.69. The second-order valence-electron chi connectivity index (χ2n) is 4.54. The smallest absolute Gasteiger partial charge is 0.235 e. The fourth-order valence-electron chi connectivity index (χ4n) is 1.56. The van der Waals surface area contributed by atoms with Gasteiger partial charge in [0, 0.05) is 29.1 Å². The van der Waals surface area contributed by atoms with E-state index >= 15 is 0 Å². The van der Waals surface area contributed by atoms with Gasteiger partial charge in [0.15, 0.2) is 0 Å². The zero-order chi connectivity index (χ0) is 11.4. The summed E-state index contributed by atoms with van der Waals surface area (Å²) >= 11 is 0. The van der Waals surface area contributed by atoms with Crippen molar-refractivity contribution >= 4 is 16.7 Å². The number of rotatable bonds is 6. The van der Waals surface area contributed by atoms with Crippen LogP contribution in [-0.4, -0.2) is 39.1 Å².